The Hall–Kier alpha value is -2.69. The summed E-state index contributed by atoms with van der Waals surface area (Å²) in [5.74, 6) is -0.513. The second-order valence-corrected chi connectivity index (χ2v) is 6.53. The van der Waals surface area contributed by atoms with Gasteiger partial charge in [-0.15, -0.1) is 6.58 Å². The molecule has 2 aromatic rings. The number of esters is 1. The van der Waals surface area contributed by atoms with E-state index in [2.05, 4.69) is 11.6 Å². The summed E-state index contributed by atoms with van der Waals surface area (Å²) in [6.45, 7) is 4.03. The van der Waals surface area contributed by atoms with Crippen molar-refractivity contribution >= 4 is 5.97 Å². The van der Waals surface area contributed by atoms with Gasteiger partial charge in [0.05, 0.1) is 26.0 Å². The fourth-order valence-electron chi connectivity index (χ4n) is 3.76. The molecule has 1 fully saturated rings. The lowest BCUT2D eigenvalue weighted by Crippen LogP contribution is -2.21. The van der Waals surface area contributed by atoms with Crippen molar-refractivity contribution in [1.29, 1.82) is 0 Å². The van der Waals surface area contributed by atoms with E-state index in [9.17, 15) is 9.18 Å². The van der Waals surface area contributed by atoms with Gasteiger partial charge in [0.2, 0.25) is 5.88 Å². The molecule has 1 aromatic heterocycles. The van der Waals surface area contributed by atoms with Gasteiger partial charge in [-0.2, -0.15) is 0 Å². The molecule has 1 aromatic carbocycles. The van der Waals surface area contributed by atoms with Crippen molar-refractivity contribution in [3.63, 3.8) is 0 Å². The number of carbonyl (C=O) groups is 1. The van der Waals surface area contributed by atoms with Crippen LogP contribution in [0.2, 0.25) is 0 Å². The molecule has 0 atom stereocenters. The number of carbonyl (C=O) groups excluding carboxylic acids is 1. The number of hydrogen-bond donors (Lipinski definition) is 0. The van der Waals surface area contributed by atoms with Crippen molar-refractivity contribution in [3.05, 3.63) is 60.1 Å². The van der Waals surface area contributed by atoms with Crippen LogP contribution in [0.25, 0.3) is 11.1 Å². The molecule has 26 heavy (non-hydrogen) atoms. The number of nitrogens with zero attached hydrogens (tertiary/aromatic N) is 1. The number of rotatable bonds is 5. The van der Waals surface area contributed by atoms with Gasteiger partial charge in [-0.3, -0.25) is 0 Å². The molecule has 0 amide bonds. The van der Waals surface area contributed by atoms with Crippen LogP contribution in [-0.4, -0.2) is 25.2 Å². The minimum atomic E-state index is -0.435. The maximum absolute atomic E-state index is 14.6. The summed E-state index contributed by atoms with van der Waals surface area (Å²) in [5, 5.41) is 0. The molecular formula is C21H22FNO3. The zero-order valence-corrected chi connectivity index (χ0v) is 15.0. The van der Waals surface area contributed by atoms with Crippen LogP contribution in [0.1, 0.15) is 41.6 Å². The zero-order valence-electron chi connectivity index (χ0n) is 15.0. The van der Waals surface area contributed by atoms with Gasteiger partial charge in [0, 0.05) is 17.0 Å². The highest BCUT2D eigenvalue weighted by Gasteiger charge is 2.35. The Kier molecular flexibility index (Phi) is 5.07. The molecule has 1 aliphatic carbocycles. The van der Waals surface area contributed by atoms with Crippen LogP contribution in [0, 0.1) is 5.82 Å². The highest BCUT2D eigenvalue weighted by atomic mass is 19.1. The Bertz CT molecular complexity index is 841. The van der Waals surface area contributed by atoms with E-state index < -0.39 is 11.8 Å². The average molecular weight is 355 g/mol. The molecule has 0 unspecified atom stereocenters. The summed E-state index contributed by atoms with van der Waals surface area (Å²) in [6.07, 6.45) is 7.04. The molecule has 0 radical (unpaired) electrons. The summed E-state index contributed by atoms with van der Waals surface area (Å²) >= 11 is 0. The quantitative estimate of drug-likeness (QED) is 0.577. The standard InChI is InChI=1S/C21H22FNO3/c1-4-21(9-5-6-10-21)17-11-14(20(24)26-3)7-8-15(17)16-12-19(25-2)23-13-18(16)22/h4,7-8,11-13H,1,5-6,9-10H2,2-3H3. The van der Waals surface area contributed by atoms with Crippen LogP contribution in [0.5, 0.6) is 5.88 Å². The van der Waals surface area contributed by atoms with Crippen molar-refractivity contribution in [1.82, 2.24) is 4.98 Å². The third kappa shape index (κ3) is 3.09. The number of methoxy groups -OCH3 is 2. The van der Waals surface area contributed by atoms with Crippen molar-refractivity contribution in [2.75, 3.05) is 14.2 Å². The Labute approximate surface area is 152 Å². The normalized spacial score (nSPS) is 15.5. The van der Waals surface area contributed by atoms with Crippen LogP contribution in [-0.2, 0) is 10.2 Å². The lowest BCUT2D eigenvalue weighted by Gasteiger charge is -2.29. The number of benzene rings is 1. The molecule has 4 nitrogen and oxygen atoms in total. The molecule has 1 heterocycles. The van der Waals surface area contributed by atoms with Gasteiger partial charge in [0.1, 0.15) is 5.82 Å². The fourth-order valence-corrected chi connectivity index (χ4v) is 3.76. The van der Waals surface area contributed by atoms with Crippen LogP contribution >= 0.6 is 0 Å². The van der Waals surface area contributed by atoms with Gasteiger partial charge in [-0.05, 0) is 36.1 Å². The zero-order chi connectivity index (χ0) is 18.7. The number of aromatic nitrogens is 1. The number of halogens is 1. The second-order valence-electron chi connectivity index (χ2n) is 6.53. The first kappa shape index (κ1) is 18.1. The summed E-state index contributed by atoms with van der Waals surface area (Å²) < 4.78 is 24.6. The fraction of sp³-hybridized carbons (Fsp3) is 0.333. The van der Waals surface area contributed by atoms with E-state index in [0.29, 0.717) is 17.0 Å². The summed E-state index contributed by atoms with van der Waals surface area (Å²) in [6, 6.07) is 6.81. The van der Waals surface area contributed by atoms with Crippen molar-refractivity contribution < 1.29 is 18.7 Å². The first-order chi connectivity index (χ1) is 12.5. The molecule has 0 spiro atoms. The van der Waals surface area contributed by atoms with Crippen molar-refractivity contribution in [2.24, 2.45) is 0 Å². The summed E-state index contributed by atoms with van der Waals surface area (Å²) in [5.41, 5.74) is 2.16. The number of hydrogen-bond acceptors (Lipinski definition) is 4. The van der Waals surface area contributed by atoms with Gasteiger partial charge in [0.25, 0.3) is 0 Å². The third-order valence-electron chi connectivity index (χ3n) is 5.19. The maximum atomic E-state index is 14.6. The Balaban J connectivity index is 2.25. The van der Waals surface area contributed by atoms with E-state index in [0.717, 1.165) is 43.0 Å². The summed E-state index contributed by atoms with van der Waals surface area (Å²) in [4.78, 5) is 16.0. The predicted octanol–water partition coefficient (Wildman–Crippen LogP) is 4.68. The largest absolute Gasteiger partial charge is 0.481 e. The third-order valence-corrected chi connectivity index (χ3v) is 5.19. The molecule has 0 aliphatic heterocycles. The molecule has 1 aliphatic rings. The SMILES string of the molecule is C=CC1(c2cc(C(=O)OC)ccc2-c2cc(OC)ncc2F)CCCC1. The van der Waals surface area contributed by atoms with Gasteiger partial charge in [0.15, 0.2) is 0 Å². The van der Waals surface area contributed by atoms with E-state index in [-0.39, 0.29) is 5.41 Å². The minimum Gasteiger partial charge on any atom is -0.481 e. The van der Waals surface area contributed by atoms with E-state index >= 15 is 0 Å². The van der Waals surface area contributed by atoms with Crippen LogP contribution in [0.15, 0.2) is 43.1 Å². The lowest BCUT2D eigenvalue weighted by molar-refractivity contribution is 0.0600. The van der Waals surface area contributed by atoms with E-state index in [1.165, 1.54) is 14.2 Å². The first-order valence-corrected chi connectivity index (χ1v) is 8.61. The molecular weight excluding hydrogens is 333 g/mol. The highest BCUT2D eigenvalue weighted by Crippen LogP contribution is 2.46. The van der Waals surface area contributed by atoms with Crippen molar-refractivity contribution in [2.45, 2.75) is 31.1 Å². The first-order valence-electron chi connectivity index (χ1n) is 8.61. The van der Waals surface area contributed by atoms with Crippen LogP contribution in [0.3, 0.4) is 0 Å². The molecule has 136 valence electrons. The molecule has 0 N–H and O–H groups in total. The Morgan fingerprint density at radius 3 is 2.58 bits per heavy atom. The van der Waals surface area contributed by atoms with Gasteiger partial charge in [-0.1, -0.05) is 25.0 Å². The molecule has 5 heteroatoms. The molecule has 3 rings (SSSR count). The predicted molar refractivity (Wildman–Crippen MR) is 97.9 cm³/mol. The van der Waals surface area contributed by atoms with Gasteiger partial charge in [-0.25, -0.2) is 14.2 Å². The van der Waals surface area contributed by atoms with Crippen LogP contribution in [0.4, 0.5) is 4.39 Å². The van der Waals surface area contributed by atoms with Gasteiger partial charge >= 0.3 is 5.97 Å². The Morgan fingerprint density at radius 1 is 1.23 bits per heavy atom. The summed E-state index contributed by atoms with van der Waals surface area (Å²) in [7, 11) is 2.84. The van der Waals surface area contributed by atoms with Gasteiger partial charge < -0.3 is 9.47 Å². The average Bonchev–Trinajstić information content (AvgIpc) is 3.17. The lowest BCUT2D eigenvalue weighted by atomic mass is 9.75. The number of ether oxygens (including phenoxy) is 2. The molecule has 0 saturated heterocycles. The maximum Gasteiger partial charge on any atom is 0.337 e. The smallest absolute Gasteiger partial charge is 0.337 e. The minimum absolute atomic E-state index is 0.289. The van der Waals surface area contributed by atoms with E-state index in [1.807, 2.05) is 6.08 Å². The monoisotopic (exact) mass is 355 g/mol. The Morgan fingerprint density at radius 2 is 1.96 bits per heavy atom. The molecule has 0 bridgehead atoms. The van der Waals surface area contributed by atoms with Crippen molar-refractivity contribution in [3.8, 4) is 17.0 Å². The van der Waals surface area contributed by atoms with E-state index in [1.54, 1.807) is 24.3 Å². The highest BCUT2D eigenvalue weighted by molar-refractivity contribution is 5.91. The number of allylic oxidation sites excluding steroid dienone is 1. The number of pyridine rings is 1. The topological polar surface area (TPSA) is 48.4 Å². The molecule has 1 saturated carbocycles. The van der Waals surface area contributed by atoms with E-state index in [4.69, 9.17) is 9.47 Å². The van der Waals surface area contributed by atoms with Crippen LogP contribution < -0.4 is 4.74 Å². The second kappa shape index (κ2) is 7.28.